The summed E-state index contributed by atoms with van der Waals surface area (Å²) >= 11 is 0.477. The van der Waals surface area contributed by atoms with E-state index in [1.165, 1.54) is 12.5 Å². The highest BCUT2D eigenvalue weighted by atomic mass is 32.1. The highest BCUT2D eigenvalue weighted by Gasteiger charge is 2.35. The zero-order valence-corrected chi connectivity index (χ0v) is 17.3. The number of carbonyl (C=O) groups excluding carboxylic acids is 1. The van der Waals surface area contributed by atoms with Crippen molar-refractivity contribution in [2.24, 2.45) is 0 Å². The molecule has 0 fully saturated rings. The molecule has 0 saturated heterocycles. The first kappa shape index (κ1) is 23.3. The number of alkyl halides is 3. The second kappa shape index (κ2) is 10.2. The van der Waals surface area contributed by atoms with Gasteiger partial charge in [0.05, 0.1) is 19.2 Å². The van der Waals surface area contributed by atoms with Gasteiger partial charge in [0.25, 0.3) is 0 Å². The maximum absolute atomic E-state index is 12.6. The first-order chi connectivity index (χ1) is 13.6. The number of aliphatic hydroxyl groups excluding tert-OH is 1. The van der Waals surface area contributed by atoms with Crippen LogP contribution in [-0.4, -0.2) is 35.8 Å². The molecule has 2 aromatic rings. The average Bonchev–Trinajstić information content (AvgIpc) is 3.17. The number of aromatic nitrogens is 1. The highest BCUT2D eigenvalue weighted by molar-refractivity contribution is 7.09. The number of nitrogens with one attached hydrogen (secondary N) is 1. The maximum Gasteiger partial charge on any atom is 0.443 e. The summed E-state index contributed by atoms with van der Waals surface area (Å²) in [5.41, 5.74) is 2.13. The Bertz CT molecular complexity index is 793. The molecule has 5 nitrogen and oxygen atoms in total. The highest BCUT2D eigenvalue weighted by Crippen LogP contribution is 2.32. The Hall–Kier alpha value is -1.97. The lowest BCUT2D eigenvalue weighted by molar-refractivity contribution is -0.141. The number of hydrogen-bond donors (Lipinski definition) is 2. The Morgan fingerprint density at radius 3 is 2.48 bits per heavy atom. The SMILES string of the molecule is COC(=O)CC(C)c1ccc(CC(C)NCC(O)c2csc(C(F)(F)F)n2)cc1. The predicted octanol–water partition coefficient (Wildman–Crippen LogP) is 4.08. The van der Waals surface area contributed by atoms with Crippen LogP contribution in [-0.2, 0) is 22.1 Å². The Labute approximate surface area is 171 Å². The molecular weight excluding hydrogens is 405 g/mol. The van der Waals surface area contributed by atoms with Crippen molar-refractivity contribution in [2.45, 2.75) is 50.9 Å². The molecule has 29 heavy (non-hydrogen) atoms. The van der Waals surface area contributed by atoms with Crippen molar-refractivity contribution in [1.82, 2.24) is 10.3 Å². The van der Waals surface area contributed by atoms with Gasteiger partial charge in [-0.15, -0.1) is 11.3 Å². The number of hydrogen-bond acceptors (Lipinski definition) is 6. The average molecular weight is 430 g/mol. The molecule has 0 aliphatic rings. The lowest BCUT2D eigenvalue weighted by atomic mass is 9.95. The second-order valence-electron chi connectivity index (χ2n) is 7.03. The van der Waals surface area contributed by atoms with E-state index in [0.717, 1.165) is 11.1 Å². The van der Waals surface area contributed by atoms with Gasteiger partial charge in [-0.05, 0) is 30.4 Å². The number of carbonyl (C=O) groups is 1. The van der Waals surface area contributed by atoms with Gasteiger partial charge in [0.1, 0.15) is 6.10 Å². The summed E-state index contributed by atoms with van der Waals surface area (Å²) in [5, 5.41) is 13.5. The van der Waals surface area contributed by atoms with E-state index in [4.69, 9.17) is 0 Å². The van der Waals surface area contributed by atoms with Crippen LogP contribution in [0.2, 0.25) is 0 Å². The van der Waals surface area contributed by atoms with Crippen molar-refractivity contribution in [1.29, 1.82) is 0 Å². The Balaban J connectivity index is 1.83. The molecule has 0 spiro atoms. The zero-order chi connectivity index (χ0) is 21.6. The lowest BCUT2D eigenvalue weighted by Crippen LogP contribution is -2.32. The number of rotatable bonds is 9. The fourth-order valence-electron chi connectivity index (χ4n) is 2.85. The minimum Gasteiger partial charge on any atom is -0.469 e. The first-order valence-corrected chi connectivity index (χ1v) is 10.1. The van der Waals surface area contributed by atoms with Gasteiger partial charge in [-0.3, -0.25) is 4.79 Å². The van der Waals surface area contributed by atoms with Crippen molar-refractivity contribution in [3.63, 3.8) is 0 Å². The van der Waals surface area contributed by atoms with E-state index in [9.17, 15) is 23.1 Å². The molecule has 0 radical (unpaired) electrons. The lowest BCUT2D eigenvalue weighted by Gasteiger charge is -2.17. The molecule has 1 heterocycles. The topological polar surface area (TPSA) is 71.5 Å². The summed E-state index contributed by atoms with van der Waals surface area (Å²) in [6, 6.07) is 7.90. The fourth-order valence-corrected chi connectivity index (χ4v) is 3.58. The quantitative estimate of drug-likeness (QED) is 0.587. The van der Waals surface area contributed by atoms with E-state index in [2.05, 4.69) is 15.0 Å². The van der Waals surface area contributed by atoms with Crippen LogP contribution in [0.25, 0.3) is 0 Å². The molecule has 3 atom stereocenters. The van der Waals surface area contributed by atoms with E-state index in [0.29, 0.717) is 24.2 Å². The van der Waals surface area contributed by atoms with Crippen LogP contribution in [0.15, 0.2) is 29.6 Å². The molecule has 2 N–H and O–H groups in total. The molecule has 1 aromatic heterocycles. The minimum atomic E-state index is -4.50. The molecular formula is C20H25F3N2O3S. The molecule has 0 aliphatic carbocycles. The predicted molar refractivity (Wildman–Crippen MR) is 105 cm³/mol. The number of esters is 1. The van der Waals surface area contributed by atoms with Gasteiger partial charge in [0, 0.05) is 18.0 Å². The summed E-state index contributed by atoms with van der Waals surface area (Å²) < 4.78 is 42.5. The van der Waals surface area contributed by atoms with Crippen molar-refractivity contribution in [3.8, 4) is 0 Å². The van der Waals surface area contributed by atoms with Gasteiger partial charge >= 0.3 is 12.1 Å². The number of thiazole rings is 1. The van der Waals surface area contributed by atoms with E-state index >= 15 is 0 Å². The van der Waals surface area contributed by atoms with E-state index in [1.807, 2.05) is 38.1 Å². The Morgan fingerprint density at radius 2 is 1.93 bits per heavy atom. The number of methoxy groups -OCH3 is 1. The molecule has 0 saturated carbocycles. The van der Waals surface area contributed by atoms with E-state index < -0.39 is 17.3 Å². The molecule has 2 rings (SSSR count). The third-order valence-electron chi connectivity index (χ3n) is 4.56. The van der Waals surface area contributed by atoms with Crippen LogP contribution >= 0.6 is 11.3 Å². The van der Waals surface area contributed by atoms with Gasteiger partial charge in [-0.25, -0.2) is 4.98 Å². The Morgan fingerprint density at radius 1 is 1.28 bits per heavy atom. The zero-order valence-electron chi connectivity index (χ0n) is 16.5. The van der Waals surface area contributed by atoms with Gasteiger partial charge in [-0.2, -0.15) is 13.2 Å². The van der Waals surface area contributed by atoms with Crippen molar-refractivity contribution in [3.05, 3.63) is 51.5 Å². The van der Waals surface area contributed by atoms with Crippen LogP contribution in [0.4, 0.5) is 13.2 Å². The number of nitrogens with zero attached hydrogens (tertiary/aromatic N) is 1. The van der Waals surface area contributed by atoms with Crippen LogP contribution in [0, 0.1) is 0 Å². The van der Waals surface area contributed by atoms with Crippen LogP contribution < -0.4 is 5.32 Å². The molecule has 1 aromatic carbocycles. The van der Waals surface area contributed by atoms with Crippen LogP contribution in [0.5, 0.6) is 0 Å². The number of halogens is 3. The van der Waals surface area contributed by atoms with E-state index in [-0.39, 0.29) is 30.2 Å². The van der Waals surface area contributed by atoms with Gasteiger partial charge in [-0.1, -0.05) is 31.2 Å². The second-order valence-corrected chi connectivity index (χ2v) is 7.89. The molecule has 0 bridgehead atoms. The summed E-state index contributed by atoms with van der Waals surface area (Å²) in [7, 11) is 1.37. The van der Waals surface area contributed by atoms with Gasteiger partial charge < -0.3 is 15.2 Å². The maximum atomic E-state index is 12.6. The summed E-state index contributed by atoms with van der Waals surface area (Å²) in [6.07, 6.45) is -4.60. The molecule has 160 valence electrons. The van der Waals surface area contributed by atoms with Crippen LogP contribution in [0.3, 0.4) is 0 Å². The molecule has 9 heteroatoms. The fraction of sp³-hybridized carbons (Fsp3) is 0.500. The molecule has 3 unspecified atom stereocenters. The number of benzene rings is 1. The van der Waals surface area contributed by atoms with Crippen molar-refractivity contribution in [2.75, 3.05) is 13.7 Å². The molecule has 0 aliphatic heterocycles. The smallest absolute Gasteiger partial charge is 0.443 e. The van der Waals surface area contributed by atoms with E-state index in [1.54, 1.807) is 0 Å². The third-order valence-corrected chi connectivity index (χ3v) is 5.46. The van der Waals surface area contributed by atoms with Crippen molar-refractivity contribution < 1.29 is 27.8 Å². The third kappa shape index (κ3) is 7.09. The minimum absolute atomic E-state index is 0.00344. The largest absolute Gasteiger partial charge is 0.469 e. The monoisotopic (exact) mass is 430 g/mol. The summed E-state index contributed by atoms with van der Waals surface area (Å²) in [6.45, 7) is 4.00. The van der Waals surface area contributed by atoms with Gasteiger partial charge in [0.15, 0.2) is 5.01 Å². The number of aliphatic hydroxyl groups is 1. The summed E-state index contributed by atoms with van der Waals surface area (Å²) in [4.78, 5) is 14.8. The van der Waals surface area contributed by atoms with Gasteiger partial charge in [0.2, 0.25) is 0 Å². The summed E-state index contributed by atoms with van der Waals surface area (Å²) in [5.74, 6) is -0.192. The standard InChI is InChI=1S/C20H25F3N2O3S/c1-12(8-18(27)28-3)15-6-4-14(5-7-15)9-13(2)24-10-17(26)16-11-29-19(25-16)20(21,22)23/h4-7,11-13,17,24,26H,8-10H2,1-3H3. The Kier molecular flexibility index (Phi) is 8.18. The normalized spacial score (nSPS) is 15.0. The first-order valence-electron chi connectivity index (χ1n) is 9.19. The molecule has 0 amide bonds. The van der Waals surface area contributed by atoms with Crippen LogP contribution in [0.1, 0.15) is 54.1 Å². The van der Waals surface area contributed by atoms with Crippen molar-refractivity contribution >= 4 is 17.3 Å². The number of ether oxygens (including phenoxy) is 1.